The zero-order valence-corrected chi connectivity index (χ0v) is 12.6. The Kier molecular flexibility index (Phi) is 5.86. The summed E-state index contributed by atoms with van der Waals surface area (Å²) in [6, 6.07) is 11.7. The molecule has 1 aromatic carbocycles. The summed E-state index contributed by atoms with van der Waals surface area (Å²) in [5, 5.41) is 0. The highest BCUT2D eigenvalue weighted by molar-refractivity contribution is 5.87. The van der Waals surface area contributed by atoms with Crippen molar-refractivity contribution in [3.8, 4) is 0 Å². The van der Waals surface area contributed by atoms with Gasteiger partial charge in [-0.15, -0.1) is 0 Å². The summed E-state index contributed by atoms with van der Waals surface area (Å²) >= 11 is 0. The molecule has 2 rings (SSSR count). The SMILES string of the molecule is CCOC(=O)/C=C/c1ccc(CC(N)c2cccnc2)cc1. The molecule has 0 saturated carbocycles. The lowest BCUT2D eigenvalue weighted by molar-refractivity contribution is -0.137. The summed E-state index contributed by atoms with van der Waals surface area (Å²) in [5.74, 6) is -0.329. The van der Waals surface area contributed by atoms with Crippen LogP contribution in [-0.2, 0) is 16.0 Å². The Morgan fingerprint density at radius 1 is 1.32 bits per heavy atom. The molecule has 4 heteroatoms. The molecule has 1 aromatic heterocycles. The summed E-state index contributed by atoms with van der Waals surface area (Å²) in [6.07, 6.45) is 7.44. The van der Waals surface area contributed by atoms with Crippen LogP contribution in [0.1, 0.15) is 29.7 Å². The van der Waals surface area contributed by atoms with E-state index in [1.54, 1.807) is 25.4 Å². The number of nitrogens with zero attached hydrogens (tertiary/aromatic N) is 1. The van der Waals surface area contributed by atoms with E-state index >= 15 is 0 Å². The molecule has 0 radical (unpaired) electrons. The molecule has 0 spiro atoms. The molecule has 22 heavy (non-hydrogen) atoms. The average molecular weight is 296 g/mol. The molecular weight excluding hydrogens is 276 g/mol. The summed E-state index contributed by atoms with van der Waals surface area (Å²) < 4.78 is 4.84. The van der Waals surface area contributed by atoms with E-state index in [2.05, 4.69) is 4.98 Å². The molecule has 1 heterocycles. The Labute approximate surface area is 130 Å². The molecule has 0 amide bonds. The van der Waals surface area contributed by atoms with Gasteiger partial charge in [0.2, 0.25) is 0 Å². The normalized spacial score (nSPS) is 12.3. The fraction of sp³-hybridized carbons (Fsp3) is 0.222. The Hall–Kier alpha value is -2.46. The first-order chi connectivity index (χ1) is 10.7. The van der Waals surface area contributed by atoms with Crippen LogP contribution in [-0.4, -0.2) is 17.6 Å². The first kappa shape index (κ1) is 15.9. The Morgan fingerprint density at radius 3 is 2.73 bits per heavy atom. The second kappa shape index (κ2) is 8.10. The first-order valence-corrected chi connectivity index (χ1v) is 7.28. The molecule has 0 saturated heterocycles. The number of hydrogen-bond acceptors (Lipinski definition) is 4. The van der Waals surface area contributed by atoms with Crippen molar-refractivity contribution < 1.29 is 9.53 Å². The van der Waals surface area contributed by atoms with Crippen LogP contribution in [0.5, 0.6) is 0 Å². The highest BCUT2D eigenvalue weighted by Crippen LogP contribution is 2.16. The van der Waals surface area contributed by atoms with Crippen LogP contribution in [0.15, 0.2) is 54.9 Å². The van der Waals surface area contributed by atoms with Crippen LogP contribution in [0.3, 0.4) is 0 Å². The van der Waals surface area contributed by atoms with E-state index in [1.807, 2.05) is 36.4 Å². The number of carbonyl (C=O) groups excluding carboxylic acids is 1. The summed E-state index contributed by atoms with van der Waals surface area (Å²) in [4.78, 5) is 15.3. The summed E-state index contributed by atoms with van der Waals surface area (Å²) in [7, 11) is 0. The van der Waals surface area contributed by atoms with E-state index in [4.69, 9.17) is 10.5 Å². The average Bonchev–Trinajstić information content (AvgIpc) is 2.55. The monoisotopic (exact) mass is 296 g/mol. The van der Waals surface area contributed by atoms with Crippen LogP contribution in [0, 0.1) is 0 Å². The van der Waals surface area contributed by atoms with Crippen molar-refractivity contribution in [2.45, 2.75) is 19.4 Å². The minimum atomic E-state index is -0.329. The fourth-order valence-corrected chi connectivity index (χ4v) is 2.09. The van der Waals surface area contributed by atoms with Gasteiger partial charge in [-0.25, -0.2) is 4.79 Å². The van der Waals surface area contributed by atoms with E-state index in [1.165, 1.54) is 6.08 Å². The van der Waals surface area contributed by atoms with Gasteiger partial charge in [0, 0.05) is 24.5 Å². The van der Waals surface area contributed by atoms with Crippen molar-refractivity contribution >= 4 is 12.0 Å². The zero-order valence-electron chi connectivity index (χ0n) is 12.6. The van der Waals surface area contributed by atoms with Gasteiger partial charge in [-0.2, -0.15) is 0 Å². The number of rotatable bonds is 6. The lowest BCUT2D eigenvalue weighted by Crippen LogP contribution is -2.13. The number of aromatic nitrogens is 1. The third kappa shape index (κ3) is 4.82. The van der Waals surface area contributed by atoms with Crippen molar-refractivity contribution in [3.05, 3.63) is 71.6 Å². The van der Waals surface area contributed by atoms with Gasteiger partial charge in [0.05, 0.1) is 6.61 Å². The first-order valence-electron chi connectivity index (χ1n) is 7.28. The van der Waals surface area contributed by atoms with Gasteiger partial charge in [0.25, 0.3) is 0 Å². The van der Waals surface area contributed by atoms with Crippen molar-refractivity contribution in [1.82, 2.24) is 4.98 Å². The number of esters is 1. The van der Waals surface area contributed by atoms with E-state index < -0.39 is 0 Å². The third-order valence-corrected chi connectivity index (χ3v) is 3.25. The predicted molar refractivity (Wildman–Crippen MR) is 87.0 cm³/mol. The number of nitrogens with two attached hydrogens (primary N) is 1. The molecule has 2 aromatic rings. The second-order valence-corrected chi connectivity index (χ2v) is 4.92. The molecule has 4 nitrogen and oxygen atoms in total. The number of hydrogen-bond donors (Lipinski definition) is 1. The van der Waals surface area contributed by atoms with E-state index in [0.717, 1.165) is 23.1 Å². The number of carbonyl (C=O) groups is 1. The largest absolute Gasteiger partial charge is 0.463 e. The van der Waals surface area contributed by atoms with Crippen LogP contribution in [0.2, 0.25) is 0 Å². The molecule has 0 fully saturated rings. The zero-order chi connectivity index (χ0) is 15.8. The van der Waals surface area contributed by atoms with Gasteiger partial charge in [0.15, 0.2) is 0 Å². The van der Waals surface area contributed by atoms with Crippen LogP contribution >= 0.6 is 0 Å². The maximum absolute atomic E-state index is 11.3. The van der Waals surface area contributed by atoms with E-state index in [0.29, 0.717) is 6.61 Å². The van der Waals surface area contributed by atoms with Crippen LogP contribution in [0.4, 0.5) is 0 Å². The molecule has 114 valence electrons. The summed E-state index contributed by atoms with van der Waals surface area (Å²) in [6.45, 7) is 2.17. The molecular formula is C18H20N2O2. The Bertz CT molecular complexity index is 621. The molecule has 0 aliphatic heterocycles. The van der Waals surface area contributed by atoms with Gasteiger partial charge < -0.3 is 10.5 Å². The van der Waals surface area contributed by atoms with Crippen molar-refractivity contribution in [2.24, 2.45) is 5.73 Å². The van der Waals surface area contributed by atoms with E-state index in [9.17, 15) is 4.79 Å². The molecule has 0 bridgehead atoms. The quantitative estimate of drug-likeness (QED) is 0.657. The highest BCUT2D eigenvalue weighted by atomic mass is 16.5. The standard InChI is InChI=1S/C18H20N2O2/c1-2-22-18(21)10-9-14-5-7-15(8-6-14)12-17(19)16-4-3-11-20-13-16/h3-11,13,17H,2,12,19H2,1H3/b10-9+. The third-order valence-electron chi connectivity index (χ3n) is 3.25. The summed E-state index contributed by atoms with van der Waals surface area (Å²) in [5.41, 5.74) is 9.30. The minimum absolute atomic E-state index is 0.0744. The predicted octanol–water partition coefficient (Wildman–Crippen LogP) is 2.90. The Balaban J connectivity index is 1.96. The lowest BCUT2D eigenvalue weighted by atomic mass is 10.00. The van der Waals surface area contributed by atoms with Crippen LogP contribution < -0.4 is 5.73 Å². The molecule has 1 atom stereocenters. The van der Waals surface area contributed by atoms with Crippen molar-refractivity contribution in [2.75, 3.05) is 6.61 Å². The minimum Gasteiger partial charge on any atom is -0.463 e. The fourth-order valence-electron chi connectivity index (χ4n) is 2.09. The highest BCUT2D eigenvalue weighted by Gasteiger charge is 2.06. The van der Waals surface area contributed by atoms with Gasteiger partial charge in [-0.1, -0.05) is 30.3 Å². The maximum Gasteiger partial charge on any atom is 0.330 e. The van der Waals surface area contributed by atoms with Gasteiger partial charge >= 0.3 is 5.97 Å². The van der Waals surface area contributed by atoms with Gasteiger partial charge in [-0.05, 0) is 42.2 Å². The number of ether oxygens (including phenoxy) is 1. The van der Waals surface area contributed by atoms with Gasteiger partial charge in [-0.3, -0.25) is 4.98 Å². The second-order valence-electron chi connectivity index (χ2n) is 4.92. The van der Waals surface area contributed by atoms with Gasteiger partial charge in [0.1, 0.15) is 0 Å². The lowest BCUT2D eigenvalue weighted by Gasteiger charge is -2.11. The van der Waals surface area contributed by atoms with Crippen molar-refractivity contribution in [1.29, 1.82) is 0 Å². The number of pyridine rings is 1. The smallest absolute Gasteiger partial charge is 0.330 e. The maximum atomic E-state index is 11.3. The van der Waals surface area contributed by atoms with E-state index in [-0.39, 0.29) is 12.0 Å². The topological polar surface area (TPSA) is 65.2 Å². The Morgan fingerprint density at radius 2 is 2.09 bits per heavy atom. The molecule has 0 aliphatic carbocycles. The molecule has 1 unspecified atom stereocenters. The van der Waals surface area contributed by atoms with Crippen LogP contribution in [0.25, 0.3) is 6.08 Å². The number of benzene rings is 1. The van der Waals surface area contributed by atoms with Crippen molar-refractivity contribution in [3.63, 3.8) is 0 Å². The molecule has 2 N–H and O–H groups in total. The molecule has 0 aliphatic rings.